The number of hydrazone groups is 1. The van der Waals surface area contributed by atoms with Gasteiger partial charge in [-0.2, -0.15) is 10.1 Å². The second kappa shape index (κ2) is 10.5. The molecule has 1 aliphatic heterocycles. The zero-order valence-corrected chi connectivity index (χ0v) is 20.0. The molecule has 1 aromatic carbocycles. The number of aromatic nitrogens is 4. The number of nitrogens with two attached hydrogens (primary N) is 1. The van der Waals surface area contributed by atoms with Crippen molar-refractivity contribution in [3.63, 3.8) is 0 Å². The molecular formula is C21H27N9O7. The van der Waals surface area contributed by atoms with E-state index in [1.54, 1.807) is 12.1 Å². The van der Waals surface area contributed by atoms with Crippen LogP contribution >= 0.6 is 0 Å². The van der Waals surface area contributed by atoms with Gasteiger partial charge in [0, 0.05) is 24.7 Å². The summed E-state index contributed by atoms with van der Waals surface area (Å²) in [5.41, 5.74) is 8.23. The number of nitrogens with one attached hydrogen (secondary N) is 2. The van der Waals surface area contributed by atoms with Crippen molar-refractivity contribution in [2.75, 3.05) is 35.8 Å². The topological polar surface area (TPSA) is 230 Å². The molecule has 4 rings (SSSR count). The molecule has 16 heteroatoms. The monoisotopic (exact) mass is 517 g/mol. The lowest BCUT2D eigenvalue weighted by atomic mass is 10.1. The number of aliphatic hydroxyl groups excluding tert-OH is 3. The zero-order chi connectivity index (χ0) is 26.9. The number of nitrogens with zero attached hydrogens (tertiary/aromatic N) is 6. The fourth-order valence-corrected chi connectivity index (χ4v) is 4.18. The number of rotatable bonds is 9. The zero-order valence-electron chi connectivity index (χ0n) is 20.0. The molecule has 1 fully saturated rings. The molecule has 4 unspecified atom stereocenters. The van der Waals surface area contributed by atoms with E-state index >= 15 is 0 Å². The maximum absolute atomic E-state index is 12.4. The number of benzene rings is 1. The number of ether oxygens (including phenoxy) is 1. The molecule has 0 aliphatic carbocycles. The van der Waals surface area contributed by atoms with Gasteiger partial charge in [-0.15, -0.1) is 0 Å². The van der Waals surface area contributed by atoms with Crippen LogP contribution in [-0.4, -0.2) is 84.0 Å². The molecule has 3 aromatic rings. The Morgan fingerprint density at radius 2 is 2.05 bits per heavy atom. The first kappa shape index (κ1) is 26.0. The van der Waals surface area contributed by atoms with Gasteiger partial charge in [-0.1, -0.05) is 6.07 Å². The average Bonchev–Trinajstić information content (AvgIpc) is 3.36. The van der Waals surface area contributed by atoms with E-state index in [4.69, 9.17) is 10.5 Å². The summed E-state index contributed by atoms with van der Waals surface area (Å²) in [4.78, 5) is 36.0. The second-order valence-corrected chi connectivity index (χ2v) is 8.21. The van der Waals surface area contributed by atoms with Crippen LogP contribution in [0.15, 0.2) is 28.1 Å². The van der Waals surface area contributed by atoms with Crippen molar-refractivity contribution in [3.05, 3.63) is 44.2 Å². The van der Waals surface area contributed by atoms with Crippen molar-refractivity contribution < 1.29 is 25.0 Å². The number of nitrogen functional groups attached to an aromatic ring is 1. The molecular weight excluding hydrogens is 490 g/mol. The van der Waals surface area contributed by atoms with Crippen LogP contribution in [0.3, 0.4) is 0 Å². The van der Waals surface area contributed by atoms with E-state index in [1.807, 2.05) is 18.7 Å². The van der Waals surface area contributed by atoms with E-state index < -0.39 is 41.6 Å². The van der Waals surface area contributed by atoms with Gasteiger partial charge >= 0.3 is 0 Å². The van der Waals surface area contributed by atoms with Gasteiger partial charge in [0.2, 0.25) is 11.9 Å². The highest BCUT2D eigenvalue weighted by Gasteiger charge is 2.45. The minimum atomic E-state index is -1.50. The van der Waals surface area contributed by atoms with Crippen LogP contribution in [0.5, 0.6) is 0 Å². The summed E-state index contributed by atoms with van der Waals surface area (Å²) >= 11 is 0. The molecule has 1 aliphatic rings. The average molecular weight is 518 g/mol. The van der Waals surface area contributed by atoms with Gasteiger partial charge in [0.1, 0.15) is 24.0 Å². The number of hydrogen-bond acceptors (Lipinski definition) is 13. The lowest BCUT2D eigenvalue weighted by Gasteiger charge is -2.20. The number of hydrogen-bond donors (Lipinski definition) is 6. The van der Waals surface area contributed by atoms with Crippen molar-refractivity contribution in [3.8, 4) is 0 Å². The molecule has 0 radical (unpaired) electrons. The van der Waals surface area contributed by atoms with Crippen LogP contribution in [-0.2, 0) is 4.74 Å². The van der Waals surface area contributed by atoms with Crippen LogP contribution in [0.4, 0.5) is 23.3 Å². The summed E-state index contributed by atoms with van der Waals surface area (Å²) in [6.07, 6.45) is -4.01. The molecule has 198 valence electrons. The number of imidazole rings is 1. The molecule has 3 heterocycles. The predicted octanol–water partition coefficient (Wildman–Crippen LogP) is -0.486. The van der Waals surface area contributed by atoms with Crippen molar-refractivity contribution in [1.29, 1.82) is 0 Å². The third-order valence-electron chi connectivity index (χ3n) is 6.02. The quantitative estimate of drug-likeness (QED) is 0.120. The van der Waals surface area contributed by atoms with Crippen LogP contribution in [0.1, 0.15) is 25.6 Å². The van der Waals surface area contributed by atoms with Crippen molar-refractivity contribution in [1.82, 2.24) is 19.5 Å². The fraction of sp³-hybridized carbons (Fsp3) is 0.429. The summed E-state index contributed by atoms with van der Waals surface area (Å²) in [7, 11) is 0. The first-order chi connectivity index (χ1) is 17.7. The summed E-state index contributed by atoms with van der Waals surface area (Å²) in [5, 5.41) is 45.9. The normalized spacial score (nSPS) is 21.6. The largest absolute Gasteiger partial charge is 0.394 e. The van der Waals surface area contributed by atoms with Crippen molar-refractivity contribution in [2.24, 2.45) is 5.10 Å². The molecule has 0 spiro atoms. The Hall–Kier alpha value is -4.12. The maximum Gasteiger partial charge on any atom is 0.293 e. The van der Waals surface area contributed by atoms with E-state index in [2.05, 4.69) is 25.5 Å². The van der Waals surface area contributed by atoms with Gasteiger partial charge in [0.15, 0.2) is 17.4 Å². The summed E-state index contributed by atoms with van der Waals surface area (Å²) in [6.45, 7) is 4.43. The van der Waals surface area contributed by atoms with Gasteiger partial charge < -0.3 is 30.7 Å². The highest BCUT2D eigenvalue weighted by atomic mass is 16.6. The molecule has 4 atom stereocenters. The Kier molecular flexibility index (Phi) is 7.35. The number of aliphatic hydroxyl groups is 3. The third-order valence-corrected chi connectivity index (χ3v) is 6.02. The molecule has 0 amide bonds. The number of nitro benzene ring substituents is 1. The van der Waals surface area contributed by atoms with Crippen molar-refractivity contribution >= 4 is 40.6 Å². The van der Waals surface area contributed by atoms with Gasteiger partial charge in [-0.25, -0.2) is 10.4 Å². The molecule has 0 bridgehead atoms. The highest BCUT2D eigenvalue weighted by molar-refractivity contribution is 5.84. The SMILES string of the molecule is CCN(CC)c1ccc(/C=N/Nc2nc3c(=O)[nH]c(N)nc3n2C2OC(CO)C(O)C2O)cc1[N+](=O)[O-]. The Labute approximate surface area is 209 Å². The third kappa shape index (κ3) is 4.82. The first-order valence-electron chi connectivity index (χ1n) is 11.4. The van der Waals surface area contributed by atoms with E-state index in [-0.39, 0.29) is 28.7 Å². The van der Waals surface area contributed by atoms with Crippen LogP contribution in [0, 0.1) is 10.1 Å². The fourth-order valence-electron chi connectivity index (χ4n) is 4.18. The Morgan fingerprint density at radius 3 is 2.68 bits per heavy atom. The lowest BCUT2D eigenvalue weighted by molar-refractivity contribution is -0.384. The predicted molar refractivity (Wildman–Crippen MR) is 133 cm³/mol. The molecule has 2 aromatic heterocycles. The first-order valence-corrected chi connectivity index (χ1v) is 11.4. The standard InChI is InChI=1S/C21H27N9O7/c1-3-28(4-2)11-6-5-10(7-12(11)30(35)36)8-23-27-21-24-14-17(25-20(22)26-18(14)34)29(21)19-16(33)15(32)13(9-31)37-19/h5-8,13,15-16,19,31-33H,3-4,9H2,1-2H3,(H,24,27)(H3,22,25,26,34)/b23-8+. The molecule has 16 nitrogen and oxygen atoms in total. The van der Waals surface area contributed by atoms with Gasteiger partial charge in [-0.05, 0) is 19.9 Å². The van der Waals surface area contributed by atoms with Crippen LogP contribution in [0.25, 0.3) is 11.2 Å². The Bertz CT molecular complexity index is 1380. The summed E-state index contributed by atoms with van der Waals surface area (Å²) in [6, 6.07) is 4.67. The van der Waals surface area contributed by atoms with E-state index in [0.717, 1.165) is 0 Å². The Morgan fingerprint density at radius 1 is 1.32 bits per heavy atom. The van der Waals surface area contributed by atoms with E-state index in [9.17, 15) is 30.2 Å². The van der Waals surface area contributed by atoms with Gasteiger partial charge in [0.05, 0.1) is 17.7 Å². The lowest BCUT2D eigenvalue weighted by Crippen LogP contribution is -2.33. The minimum absolute atomic E-state index is 0.0620. The van der Waals surface area contributed by atoms with Crippen molar-refractivity contribution in [2.45, 2.75) is 38.4 Å². The second-order valence-electron chi connectivity index (χ2n) is 8.21. The number of fused-ring (bicyclic) bond motifs is 1. The number of anilines is 3. The number of aromatic amines is 1. The van der Waals surface area contributed by atoms with Crippen LogP contribution in [0.2, 0.25) is 0 Å². The minimum Gasteiger partial charge on any atom is -0.394 e. The summed E-state index contributed by atoms with van der Waals surface area (Å²) < 4.78 is 6.77. The Balaban J connectivity index is 1.71. The van der Waals surface area contributed by atoms with E-state index in [1.165, 1.54) is 16.8 Å². The van der Waals surface area contributed by atoms with E-state index in [0.29, 0.717) is 24.3 Å². The highest BCUT2D eigenvalue weighted by Crippen LogP contribution is 2.34. The maximum atomic E-state index is 12.4. The number of H-pyrrole nitrogens is 1. The number of nitro groups is 1. The molecule has 1 saturated heterocycles. The van der Waals surface area contributed by atoms with Gasteiger partial charge in [0.25, 0.3) is 11.2 Å². The molecule has 0 saturated carbocycles. The molecule has 37 heavy (non-hydrogen) atoms. The molecule has 7 N–H and O–H groups in total. The smallest absolute Gasteiger partial charge is 0.293 e. The van der Waals surface area contributed by atoms with Gasteiger partial charge in [-0.3, -0.25) is 24.5 Å². The van der Waals surface area contributed by atoms with Crippen LogP contribution < -0.4 is 21.6 Å². The summed E-state index contributed by atoms with van der Waals surface area (Å²) in [5.74, 6) is -0.319.